The number of nitrogens with zero attached hydrogens (tertiary/aromatic N) is 6. The van der Waals surface area contributed by atoms with Crippen LogP contribution in [0.5, 0.6) is 0 Å². The quantitative estimate of drug-likeness (QED) is 0.476. The first-order valence-electron chi connectivity index (χ1n) is 12.0. The number of imidazole rings is 2. The average molecular weight is 466 g/mol. The minimum absolute atomic E-state index is 0.0772. The summed E-state index contributed by atoms with van der Waals surface area (Å²) >= 11 is 0. The second-order valence-corrected chi connectivity index (χ2v) is 9.44. The molecule has 178 valence electrons. The van der Waals surface area contributed by atoms with Crippen molar-refractivity contribution in [2.45, 2.75) is 44.8 Å². The van der Waals surface area contributed by atoms with Crippen LogP contribution in [0.1, 0.15) is 38.6 Å². The molecule has 9 nitrogen and oxygen atoms in total. The van der Waals surface area contributed by atoms with Crippen LogP contribution in [0.4, 0.5) is 10.3 Å². The van der Waals surface area contributed by atoms with Crippen LogP contribution in [0.15, 0.2) is 24.8 Å². The van der Waals surface area contributed by atoms with Crippen molar-refractivity contribution in [2.24, 2.45) is 5.92 Å². The number of anilines is 1. The minimum Gasteiger partial charge on any atom is -0.396 e. The fraction of sp³-hybridized carbons (Fsp3) is 0.500. The van der Waals surface area contributed by atoms with Crippen molar-refractivity contribution in [2.75, 3.05) is 31.2 Å². The molecule has 5 heterocycles. The fourth-order valence-electron chi connectivity index (χ4n) is 5.11. The molecule has 0 aliphatic carbocycles. The molecule has 2 N–H and O–H groups in total. The number of ether oxygens (including phenoxy) is 1. The van der Waals surface area contributed by atoms with E-state index in [0.29, 0.717) is 51.9 Å². The van der Waals surface area contributed by atoms with Crippen molar-refractivity contribution >= 4 is 28.1 Å². The fourth-order valence-corrected chi connectivity index (χ4v) is 5.11. The summed E-state index contributed by atoms with van der Waals surface area (Å²) in [6.07, 6.45) is 7.18. The Bertz CT molecular complexity index is 1320. The molecule has 2 fully saturated rings. The normalized spacial score (nSPS) is 22.1. The van der Waals surface area contributed by atoms with E-state index in [4.69, 9.17) is 9.72 Å². The molecule has 2 atom stereocenters. The van der Waals surface area contributed by atoms with Crippen molar-refractivity contribution in [3.63, 3.8) is 0 Å². The summed E-state index contributed by atoms with van der Waals surface area (Å²) in [6, 6.07) is 3.48. The highest BCUT2D eigenvalue weighted by molar-refractivity contribution is 5.91. The Morgan fingerprint density at radius 1 is 1.15 bits per heavy atom. The highest BCUT2D eigenvalue weighted by Crippen LogP contribution is 2.33. The molecule has 2 aliphatic heterocycles. The number of aromatic nitrogens is 6. The molecule has 3 aromatic heterocycles. The van der Waals surface area contributed by atoms with E-state index in [1.54, 1.807) is 12.7 Å². The number of fused-ring (bicyclic) bond motifs is 2. The number of piperidine rings is 1. The van der Waals surface area contributed by atoms with E-state index in [-0.39, 0.29) is 24.6 Å². The number of halogens is 1. The second kappa shape index (κ2) is 8.59. The van der Waals surface area contributed by atoms with Crippen LogP contribution in [-0.4, -0.2) is 67.0 Å². The Morgan fingerprint density at radius 3 is 2.76 bits per heavy atom. The maximum Gasteiger partial charge on any atom is 0.228 e. The van der Waals surface area contributed by atoms with Crippen molar-refractivity contribution in [3.8, 4) is 11.3 Å². The third-order valence-corrected chi connectivity index (χ3v) is 7.20. The molecule has 4 aromatic rings. The minimum atomic E-state index is -0.333. The summed E-state index contributed by atoms with van der Waals surface area (Å²) in [4.78, 5) is 23.6. The van der Waals surface area contributed by atoms with Crippen LogP contribution in [0, 0.1) is 11.7 Å². The van der Waals surface area contributed by atoms with Crippen molar-refractivity contribution in [1.82, 2.24) is 29.5 Å². The number of aliphatic hydroxyl groups is 1. The van der Waals surface area contributed by atoms with Crippen LogP contribution < -0.4 is 4.90 Å². The van der Waals surface area contributed by atoms with Crippen LogP contribution in [0.3, 0.4) is 0 Å². The van der Waals surface area contributed by atoms with Crippen LogP contribution in [0.25, 0.3) is 33.5 Å². The van der Waals surface area contributed by atoms with Gasteiger partial charge in [-0.25, -0.2) is 19.3 Å². The molecule has 0 amide bonds. The molecular formula is C24H28FN7O2. The van der Waals surface area contributed by atoms with E-state index in [1.165, 1.54) is 6.07 Å². The number of nitrogens with one attached hydrogen (secondary N) is 1. The SMILES string of the molecule is C[C@@H]1CCC(n2cnc3cc(-c4nc(N5CCC(CO)CC5)nc5nc[nH]c45)cc(F)c32)CO1. The lowest BCUT2D eigenvalue weighted by Crippen LogP contribution is -2.35. The van der Waals surface area contributed by atoms with Gasteiger partial charge in [0.1, 0.15) is 22.5 Å². The summed E-state index contributed by atoms with van der Waals surface area (Å²) < 4.78 is 23.2. The van der Waals surface area contributed by atoms with Gasteiger partial charge in [-0.05, 0) is 50.7 Å². The van der Waals surface area contributed by atoms with Gasteiger partial charge in [-0.1, -0.05) is 0 Å². The first-order valence-corrected chi connectivity index (χ1v) is 12.0. The molecule has 34 heavy (non-hydrogen) atoms. The zero-order valence-electron chi connectivity index (χ0n) is 19.1. The maximum atomic E-state index is 15.5. The molecule has 0 radical (unpaired) electrons. The van der Waals surface area contributed by atoms with E-state index >= 15 is 4.39 Å². The summed E-state index contributed by atoms with van der Waals surface area (Å²) in [7, 11) is 0. The van der Waals surface area contributed by atoms with E-state index in [0.717, 1.165) is 38.8 Å². The van der Waals surface area contributed by atoms with Crippen molar-refractivity contribution in [1.29, 1.82) is 0 Å². The summed E-state index contributed by atoms with van der Waals surface area (Å²) in [5, 5.41) is 9.45. The zero-order valence-corrected chi connectivity index (χ0v) is 19.1. The van der Waals surface area contributed by atoms with E-state index in [9.17, 15) is 5.11 Å². The highest BCUT2D eigenvalue weighted by atomic mass is 19.1. The van der Waals surface area contributed by atoms with Gasteiger partial charge in [0.15, 0.2) is 5.65 Å². The number of benzene rings is 1. The third-order valence-electron chi connectivity index (χ3n) is 7.20. The van der Waals surface area contributed by atoms with Gasteiger partial charge in [-0.3, -0.25) is 0 Å². The van der Waals surface area contributed by atoms with Crippen molar-refractivity contribution < 1.29 is 14.2 Å². The standard InChI is InChI=1S/C24H28FN7O2/c1-14-2-3-17(11-34-14)32-13-28-19-9-16(8-18(25)22(19)32)20-21-23(27-12-26-21)30-24(29-20)31-6-4-15(10-33)5-7-31/h8-9,12-15,17,33H,2-7,10-11H2,1H3,(H,26,27,29,30)/t14-,17?/m1/s1. The molecule has 2 aliphatic rings. The molecule has 10 heteroatoms. The summed E-state index contributed by atoms with van der Waals surface area (Å²) in [5.74, 6) is 0.555. The number of H-pyrrole nitrogens is 1. The van der Waals surface area contributed by atoms with Gasteiger partial charge in [-0.15, -0.1) is 0 Å². The Labute approximate surface area is 196 Å². The van der Waals surface area contributed by atoms with E-state index < -0.39 is 0 Å². The number of aliphatic hydroxyl groups excluding tert-OH is 1. The second-order valence-electron chi connectivity index (χ2n) is 9.44. The third kappa shape index (κ3) is 3.70. The van der Waals surface area contributed by atoms with Crippen LogP contribution in [-0.2, 0) is 4.74 Å². The molecule has 6 rings (SSSR count). The van der Waals surface area contributed by atoms with E-state index in [1.807, 2.05) is 10.6 Å². The largest absolute Gasteiger partial charge is 0.396 e. The van der Waals surface area contributed by atoms with E-state index in [2.05, 4.69) is 31.8 Å². The average Bonchev–Trinajstić information content (AvgIpc) is 3.51. The van der Waals surface area contributed by atoms with Gasteiger partial charge < -0.3 is 24.3 Å². The smallest absolute Gasteiger partial charge is 0.228 e. The van der Waals surface area contributed by atoms with Gasteiger partial charge in [0, 0.05) is 25.3 Å². The summed E-state index contributed by atoms with van der Waals surface area (Å²) in [6.45, 7) is 4.36. The number of hydrogen-bond acceptors (Lipinski definition) is 7. The topological polar surface area (TPSA) is 105 Å². The Morgan fingerprint density at radius 2 is 2.00 bits per heavy atom. The maximum absolute atomic E-state index is 15.5. The monoisotopic (exact) mass is 465 g/mol. The number of aromatic amines is 1. The van der Waals surface area contributed by atoms with Gasteiger partial charge in [0.05, 0.1) is 36.9 Å². The molecule has 0 spiro atoms. The Hall–Kier alpha value is -3.11. The zero-order chi connectivity index (χ0) is 23.2. The van der Waals surface area contributed by atoms with Gasteiger partial charge in [0.2, 0.25) is 5.95 Å². The summed E-state index contributed by atoms with van der Waals surface area (Å²) in [5.41, 5.74) is 3.53. The first kappa shape index (κ1) is 21.4. The molecular weight excluding hydrogens is 437 g/mol. The molecule has 2 saturated heterocycles. The Kier molecular flexibility index (Phi) is 5.41. The lowest BCUT2D eigenvalue weighted by atomic mass is 9.98. The Balaban J connectivity index is 1.39. The predicted octanol–water partition coefficient (Wildman–Crippen LogP) is 3.46. The van der Waals surface area contributed by atoms with Gasteiger partial charge in [0.25, 0.3) is 0 Å². The van der Waals surface area contributed by atoms with Crippen LogP contribution >= 0.6 is 0 Å². The molecule has 0 saturated carbocycles. The van der Waals surface area contributed by atoms with Crippen molar-refractivity contribution in [3.05, 3.63) is 30.6 Å². The lowest BCUT2D eigenvalue weighted by Gasteiger charge is -2.31. The lowest BCUT2D eigenvalue weighted by molar-refractivity contribution is 0.000143. The molecule has 0 bridgehead atoms. The number of hydrogen-bond donors (Lipinski definition) is 2. The first-order chi connectivity index (χ1) is 16.6. The van der Waals surface area contributed by atoms with Gasteiger partial charge in [-0.2, -0.15) is 4.98 Å². The number of rotatable bonds is 4. The molecule has 1 unspecified atom stereocenters. The predicted molar refractivity (Wildman–Crippen MR) is 126 cm³/mol. The molecule has 1 aromatic carbocycles. The highest BCUT2D eigenvalue weighted by Gasteiger charge is 2.25. The van der Waals surface area contributed by atoms with Gasteiger partial charge >= 0.3 is 0 Å². The van der Waals surface area contributed by atoms with Crippen LogP contribution in [0.2, 0.25) is 0 Å².